The molecule has 0 aliphatic heterocycles. The molecule has 0 aromatic heterocycles. The number of hydrogen-bond acceptors (Lipinski definition) is 3. The number of nitrogens with zero attached hydrogens (tertiary/aromatic N) is 2. The Labute approximate surface area is 161 Å². The zero-order valence-electron chi connectivity index (χ0n) is 16.6. The molecule has 27 heavy (non-hydrogen) atoms. The van der Waals surface area contributed by atoms with E-state index in [4.69, 9.17) is 4.74 Å². The number of ether oxygens (including phenoxy) is 1. The van der Waals surface area contributed by atoms with Crippen molar-refractivity contribution >= 4 is 17.5 Å². The molecule has 1 aliphatic carbocycles. The van der Waals surface area contributed by atoms with Gasteiger partial charge in [-0.25, -0.2) is 4.79 Å². The largest absolute Gasteiger partial charge is 0.453 e. The molecule has 0 unspecified atom stereocenters. The normalized spacial score (nSPS) is 22.1. The lowest BCUT2D eigenvalue weighted by Crippen LogP contribution is -2.39. The molecule has 0 bridgehead atoms. The van der Waals surface area contributed by atoms with Crippen LogP contribution >= 0.6 is 0 Å². The third kappa shape index (κ3) is 6.14. The lowest BCUT2D eigenvalue weighted by molar-refractivity contribution is -0.153. The summed E-state index contributed by atoms with van der Waals surface area (Å²) in [4.78, 5) is 27.8. The van der Waals surface area contributed by atoms with E-state index in [1.165, 1.54) is 0 Å². The molecule has 1 aromatic carbocycles. The summed E-state index contributed by atoms with van der Waals surface area (Å²) in [5.74, 6) is -0.117. The van der Waals surface area contributed by atoms with Gasteiger partial charge in [0.1, 0.15) is 6.10 Å². The third-order valence-corrected chi connectivity index (χ3v) is 5.49. The average molecular weight is 370 g/mol. The van der Waals surface area contributed by atoms with Crippen molar-refractivity contribution in [3.05, 3.63) is 41.4 Å². The number of aryl methyl sites for hydroxylation is 1. The molecule has 146 valence electrons. The summed E-state index contributed by atoms with van der Waals surface area (Å²) in [6.45, 7) is 6.39. The maximum Gasteiger partial charge on any atom is 0.441 e. The summed E-state index contributed by atoms with van der Waals surface area (Å²) in [5, 5.41) is 0. The summed E-state index contributed by atoms with van der Waals surface area (Å²) in [6, 6.07) is 9.83. The molecule has 2 rings (SSSR count). The maximum atomic E-state index is 12.5. The molecule has 0 saturated heterocycles. The second kappa shape index (κ2) is 10.2. The number of benzene rings is 1. The second-order valence-corrected chi connectivity index (χ2v) is 7.98. The first-order chi connectivity index (χ1) is 12.9. The number of ketones is 1. The first-order valence-corrected chi connectivity index (χ1v) is 9.92. The van der Waals surface area contributed by atoms with E-state index in [0.29, 0.717) is 18.3 Å². The van der Waals surface area contributed by atoms with Crippen LogP contribution in [0.1, 0.15) is 58.4 Å². The standard InChI is InChI=1S/C22H30N2O3/c1-15(2)18-13-12-16(3)14-20(18)27-22(26)21(24-23)19(25)11-7-10-17-8-5-4-6-9-17/h4-6,8-9,15-16,18,20H,7,10-14H2,1-3H3/t16-,18+,20-/m1/s1. The van der Waals surface area contributed by atoms with E-state index in [9.17, 15) is 15.1 Å². The van der Waals surface area contributed by atoms with E-state index in [-0.39, 0.29) is 18.4 Å². The van der Waals surface area contributed by atoms with Crippen molar-refractivity contribution in [1.82, 2.24) is 0 Å². The smallest absolute Gasteiger partial charge is 0.441 e. The number of esters is 1. The fourth-order valence-corrected chi connectivity index (χ4v) is 3.87. The number of hydrogen-bond donors (Lipinski definition) is 0. The Hall–Kier alpha value is -2.26. The van der Waals surface area contributed by atoms with E-state index in [2.05, 4.69) is 25.6 Å². The highest BCUT2D eigenvalue weighted by molar-refractivity contribution is 6.62. The first kappa shape index (κ1) is 21.0. The van der Waals surface area contributed by atoms with Gasteiger partial charge < -0.3 is 10.3 Å². The van der Waals surface area contributed by atoms with Crippen molar-refractivity contribution in [2.45, 2.75) is 65.4 Å². The van der Waals surface area contributed by atoms with Gasteiger partial charge in [-0.2, -0.15) is 4.79 Å². The van der Waals surface area contributed by atoms with Crippen LogP contribution in [0.5, 0.6) is 0 Å². The molecule has 0 amide bonds. The topological polar surface area (TPSA) is 79.8 Å². The van der Waals surface area contributed by atoms with E-state index in [0.717, 1.165) is 31.2 Å². The fraction of sp³-hybridized carbons (Fsp3) is 0.591. The summed E-state index contributed by atoms with van der Waals surface area (Å²) < 4.78 is 5.62. The van der Waals surface area contributed by atoms with Gasteiger partial charge >= 0.3 is 11.7 Å². The molecule has 0 spiro atoms. The maximum absolute atomic E-state index is 12.5. The van der Waals surface area contributed by atoms with Gasteiger partial charge in [0.25, 0.3) is 5.78 Å². The van der Waals surface area contributed by atoms with Crippen LogP contribution in [-0.2, 0) is 20.7 Å². The number of carbonyl (C=O) groups excluding carboxylic acids is 2. The quantitative estimate of drug-likeness (QED) is 0.225. The van der Waals surface area contributed by atoms with Crippen LogP contribution in [0.3, 0.4) is 0 Å². The molecular formula is C22H30N2O3. The summed E-state index contributed by atoms with van der Waals surface area (Å²) in [6.07, 6.45) is 4.16. The first-order valence-electron chi connectivity index (χ1n) is 9.92. The summed E-state index contributed by atoms with van der Waals surface area (Å²) in [7, 11) is 0. The molecular weight excluding hydrogens is 340 g/mol. The van der Waals surface area contributed by atoms with Crippen LogP contribution in [-0.4, -0.2) is 28.4 Å². The van der Waals surface area contributed by atoms with Crippen LogP contribution < -0.4 is 0 Å². The van der Waals surface area contributed by atoms with Crippen LogP contribution in [0.15, 0.2) is 30.3 Å². The Kier molecular flexibility index (Phi) is 7.93. The Balaban J connectivity index is 1.92. The zero-order chi connectivity index (χ0) is 19.8. The van der Waals surface area contributed by atoms with Crippen molar-refractivity contribution < 1.29 is 19.1 Å². The molecule has 3 atom stereocenters. The molecule has 5 nitrogen and oxygen atoms in total. The van der Waals surface area contributed by atoms with E-state index >= 15 is 0 Å². The van der Waals surface area contributed by atoms with Gasteiger partial charge in [0.15, 0.2) is 0 Å². The molecule has 1 aliphatic rings. The van der Waals surface area contributed by atoms with Crippen molar-refractivity contribution in [2.75, 3.05) is 0 Å². The fourth-order valence-electron chi connectivity index (χ4n) is 3.87. The Bertz CT molecular complexity index is 693. The highest BCUT2D eigenvalue weighted by atomic mass is 16.5. The summed E-state index contributed by atoms with van der Waals surface area (Å²) in [5.41, 5.74) is 9.85. The minimum atomic E-state index is -0.799. The van der Waals surface area contributed by atoms with E-state index in [1.807, 2.05) is 30.3 Å². The van der Waals surface area contributed by atoms with Crippen molar-refractivity contribution in [2.24, 2.45) is 17.8 Å². The lowest BCUT2D eigenvalue weighted by Gasteiger charge is -2.36. The van der Waals surface area contributed by atoms with Gasteiger partial charge in [-0.15, -0.1) is 0 Å². The lowest BCUT2D eigenvalue weighted by atomic mass is 9.75. The molecule has 1 fully saturated rings. The molecule has 5 heteroatoms. The Morgan fingerprint density at radius 3 is 2.56 bits per heavy atom. The predicted octanol–water partition coefficient (Wildman–Crippen LogP) is 4.25. The monoisotopic (exact) mass is 370 g/mol. The molecule has 0 radical (unpaired) electrons. The van der Waals surface area contributed by atoms with Crippen molar-refractivity contribution in [3.8, 4) is 0 Å². The van der Waals surface area contributed by atoms with Gasteiger partial charge in [0.2, 0.25) is 0 Å². The summed E-state index contributed by atoms with van der Waals surface area (Å²) >= 11 is 0. The van der Waals surface area contributed by atoms with E-state index in [1.54, 1.807) is 0 Å². The highest BCUT2D eigenvalue weighted by Gasteiger charge is 2.38. The van der Waals surface area contributed by atoms with Crippen molar-refractivity contribution in [3.63, 3.8) is 0 Å². The third-order valence-electron chi connectivity index (χ3n) is 5.49. The minimum absolute atomic E-state index is 0.151. The molecule has 0 heterocycles. The molecule has 1 saturated carbocycles. The van der Waals surface area contributed by atoms with Crippen LogP contribution in [0.2, 0.25) is 0 Å². The molecule has 1 aromatic rings. The Morgan fingerprint density at radius 1 is 1.22 bits per heavy atom. The predicted molar refractivity (Wildman–Crippen MR) is 104 cm³/mol. The van der Waals surface area contributed by atoms with Gasteiger partial charge in [0.05, 0.1) is 0 Å². The SMILES string of the molecule is CC(C)[C@@H]1CC[C@@H](C)C[C@H]1OC(=O)C(=[N+]=[N-])C(=O)CCCc1ccccc1. The van der Waals surface area contributed by atoms with Gasteiger partial charge in [-0.3, -0.25) is 4.79 Å². The van der Waals surface area contributed by atoms with Gasteiger partial charge in [-0.1, -0.05) is 57.5 Å². The number of carbonyl (C=O) groups is 2. The Morgan fingerprint density at radius 2 is 1.93 bits per heavy atom. The van der Waals surface area contributed by atoms with Crippen LogP contribution in [0.4, 0.5) is 0 Å². The zero-order valence-corrected chi connectivity index (χ0v) is 16.6. The highest BCUT2D eigenvalue weighted by Crippen LogP contribution is 2.35. The second-order valence-electron chi connectivity index (χ2n) is 7.98. The van der Waals surface area contributed by atoms with Crippen LogP contribution in [0.25, 0.3) is 5.53 Å². The van der Waals surface area contributed by atoms with Gasteiger partial charge in [-0.05, 0) is 49.0 Å². The van der Waals surface area contributed by atoms with Gasteiger partial charge in [0, 0.05) is 6.42 Å². The average Bonchev–Trinajstić information content (AvgIpc) is 2.63. The van der Waals surface area contributed by atoms with Crippen molar-refractivity contribution in [1.29, 1.82) is 0 Å². The minimum Gasteiger partial charge on any atom is -0.453 e. The number of Topliss-reactive ketones (excluding diaryl/α,β-unsaturated/α-hetero) is 1. The number of rotatable bonds is 8. The van der Waals surface area contributed by atoms with E-state index < -0.39 is 17.5 Å². The van der Waals surface area contributed by atoms with Crippen LogP contribution in [0, 0.1) is 17.8 Å². The molecule has 0 N–H and O–H groups in total.